The van der Waals surface area contributed by atoms with Crippen LogP contribution in [0.4, 0.5) is 10.3 Å². The zero-order chi connectivity index (χ0) is 24.1. The van der Waals surface area contributed by atoms with Gasteiger partial charge in [-0.05, 0) is 55.0 Å². The predicted octanol–water partition coefficient (Wildman–Crippen LogP) is 5.30. The quantitative estimate of drug-likeness (QED) is 0.436. The highest BCUT2D eigenvalue weighted by Crippen LogP contribution is 2.52. The largest absolute Gasteiger partial charge is 0.497 e. The van der Waals surface area contributed by atoms with Crippen LogP contribution in [-0.4, -0.2) is 29.0 Å². The van der Waals surface area contributed by atoms with E-state index in [0.717, 1.165) is 39.3 Å². The number of aryl methyl sites for hydroxylation is 1. The van der Waals surface area contributed by atoms with Crippen LogP contribution in [-0.2, 0) is 0 Å². The molecule has 3 aromatic carbocycles. The van der Waals surface area contributed by atoms with Crippen molar-refractivity contribution in [3.05, 3.63) is 101 Å². The normalized spacial score (nSPS) is 18.1. The Morgan fingerprint density at radius 1 is 1.00 bits per heavy atom. The van der Waals surface area contributed by atoms with Gasteiger partial charge in [0.1, 0.15) is 35.4 Å². The molecule has 176 valence electrons. The summed E-state index contributed by atoms with van der Waals surface area (Å²) in [6.07, 6.45) is 0.973. The highest BCUT2D eigenvalue weighted by atomic mass is 19.1. The highest BCUT2D eigenvalue weighted by Gasteiger charge is 2.42. The van der Waals surface area contributed by atoms with Gasteiger partial charge in [-0.3, -0.25) is 0 Å². The SMILES string of the molecule is COc1ccc(OC)c([C@H]2Oc3ccc(C)cc3C3=C2[C@@H](c2ccc(F)cc2)n2ncnc2N3)c1. The van der Waals surface area contributed by atoms with Crippen LogP contribution in [0.3, 0.4) is 0 Å². The summed E-state index contributed by atoms with van der Waals surface area (Å²) in [5, 5.41) is 7.99. The lowest BCUT2D eigenvalue weighted by Crippen LogP contribution is -2.32. The first kappa shape index (κ1) is 21.2. The maximum atomic E-state index is 13.9. The van der Waals surface area contributed by atoms with E-state index in [2.05, 4.69) is 21.5 Å². The van der Waals surface area contributed by atoms with Crippen molar-refractivity contribution in [2.45, 2.75) is 19.1 Å². The summed E-state index contributed by atoms with van der Waals surface area (Å²) < 4.78 is 33.6. The third kappa shape index (κ3) is 3.41. The number of aromatic nitrogens is 3. The van der Waals surface area contributed by atoms with Gasteiger partial charge in [0, 0.05) is 16.7 Å². The fourth-order valence-corrected chi connectivity index (χ4v) is 4.85. The Bertz CT molecular complexity index is 1460. The van der Waals surface area contributed by atoms with E-state index in [1.165, 1.54) is 18.5 Å². The molecule has 0 fully saturated rings. The number of benzene rings is 3. The average Bonchev–Trinajstić information content (AvgIpc) is 3.36. The van der Waals surface area contributed by atoms with Gasteiger partial charge in [-0.25, -0.2) is 9.07 Å². The van der Waals surface area contributed by atoms with Crippen molar-refractivity contribution in [2.24, 2.45) is 0 Å². The van der Waals surface area contributed by atoms with Crippen molar-refractivity contribution >= 4 is 11.6 Å². The molecule has 8 heteroatoms. The summed E-state index contributed by atoms with van der Waals surface area (Å²) >= 11 is 0. The van der Waals surface area contributed by atoms with Gasteiger partial charge in [0.05, 0.1) is 19.9 Å². The zero-order valence-corrected chi connectivity index (χ0v) is 19.4. The lowest BCUT2D eigenvalue weighted by Gasteiger charge is -2.39. The number of hydrogen-bond donors (Lipinski definition) is 1. The minimum Gasteiger partial charge on any atom is -0.497 e. The molecule has 6 rings (SSSR count). The molecule has 0 spiro atoms. The van der Waals surface area contributed by atoms with Crippen LogP contribution in [0.5, 0.6) is 17.2 Å². The molecule has 0 amide bonds. The summed E-state index contributed by atoms with van der Waals surface area (Å²) in [5.41, 5.74) is 5.50. The maximum Gasteiger partial charge on any atom is 0.226 e. The smallest absolute Gasteiger partial charge is 0.226 e. The Morgan fingerprint density at radius 3 is 2.60 bits per heavy atom. The van der Waals surface area contributed by atoms with Crippen LogP contribution >= 0.6 is 0 Å². The molecule has 0 aliphatic carbocycles. The Labute approximate surface area is 201 Å². The Hall–Kier alpha value is -4.33. The third-order valence-electron chi connectivity index (χ3n) is 6.47. The standard InChI is InChI=1S/C27H23FN4O3/c1-15-4-10-22-19(12-15)24-23(26(35-22)20-13-18(33-2)9-11-21(20)34-3)25(16-5-7-17(28)8-6-16)32-27(31-24)29-14-30-32/h4-14,25-26H,1-3H3,(H,29,30,31)/t25-,26-/m1/s1. The molecule has 1 N–H and O–H groups in total. The number of rotatable bonds is 4. The molecule has 0 radical (unpaired) electrons. The summed E-state index contributed by atoms with van der Waals surface area (Å²) in [4.78, 5) is 4.44. The Morgan fingerprint density at radius 2 is 1.83 bits per heavy atom. The van der Waals surface area contributed by atoms with Gasteiger partial charge in [-0.2, -0.15) is 10.1 Å². The first-order chi connectivity index (χ1) is 17.1. The number of fused-ring (bicyclic) bond motifs is 3. The molecule has 3 heterocycles. The highest BCUT2D eigenvalue weighted by molar-refractivity contribution is 5.85. The molecule has 4 aromatic rings. The van der Waals surface area contributed by atoms with Crippen molar-refractivity contribution < 1.29 is 18.6 Å². The topological polar surface area (TPSA) is 70.4 Å². The second-order valence-electron chi connectivity index (χ2n) is 8.54. The van der Waals surface area contributed by atoms with E-state index in [0.29, 0.717) is 17.4 Å². The molecule has 7 nitrogen and oxygen atoms in total. The summed E-state index contributed by atoms with van der Waals surface area (Å²) in [5.74, 6) is 2.39. The van der Waals surface area contributed by atoms with Crippen molar-refractivity contribution in [1.82, 2.24) is 14.8 Å². The molecule has 0 saturated heterocycles. The lowest BCUT2D eigenvalue weighted by atomic mass is 9.84. The number of nitrogens with zero attached hydrogens (tertiary/aromatic N) is 3. The molecule has 35 heavy (non-hydrogen) atoms. The van der Waals surface area contributed by atoms with Crippen molar-refractivity contribution in [2.75, 3.05) is 19.5 Å². The molecule has 1 aromatic heterocycles. The average molecular weight is 471 g/mol. The summed E-state index contributed by atoms with van der Waals surface area (Å²) in [6.45, 7) is 2.04. The second kappa shape index (κ2) is 8.16. The number of ether oxygens (including phenoxy) is 3. The van der Waals surface area contributed by atoms with E-state index in [-0.39, 0.29) is 11.9 Å². The van der Waals surface area contributed by atoms with E-state index in [4.69, 9.17) is 14.2 Å². The van der Waals surface area contributed by atoms with Crippen molar-refractivity contribution in [3.63, 3.8) is 0 Å². The summed E-state index contributed by atoms with van der Waals surface area (Å²) in [6, 6.07) is 17.8. The van der Waals surface area contributed by atoms with Crippen LogP contribution in [0.2, 0.25) is 0 Å². The number of methoxy groups -OCH3 is 2. The molecule has 0 bridgehead atoms. The van der Waals surface area contributed by atoms with Gasteiger partial charge in [0.2, 0.25) is 5.95 Å². The first-order valence-corrected chi connectivity index (χ1v) is 11.2. The molecular formula is C27H23FN4O3. The predicted molar refractivity (Wildman–Crippen MR) is 129 cm³/mol. The van der Waals surface area contributed by atoms with Crippen LogP contribution in [0.1, 0.15) is 34.4 Å². The van der Waals surface area contributed by atoms with Crippen molar-refractivity contribution in [3.8, 4) is 17.2 Å². The van der Waals surface area contributed by atoms with E-state index < -0.39 is 6.10 Å². The molecule has 0 unspecified atom stereocenters. The fraction of sp³-hybridized carbons (Fsp3) is 0.185. The Balaban J connectivity index is 1.65. The van der Waals surface area contributed by atoms with Gasteiger partial charge >= 0.3 is 0 Å². The molecule has 2 aliphatic rings. The number of hydrogen-bond acceptors (Lipinski definition) is 6. The molecular weight excluding hydrogens is 447 g/mol. The van der Waals surface area contributed by atoms with Crippen LogP contribution in [0.25, 0.3) is 5.70 Å². The molecule has 2 atom stereocenters. The van der Waals surface area contributed by atoms with E-state index in [1.54, 1.807) is 31.0 Å². The fourth-order valence-electron chi connectivity index (χ4n) is 4.85. The number of anilines is 1. The van der Waals surface area contributed by atoms with Crippen LogP contribution in [0, 0.1) is 12.7 Å². The second-order valence-corrected chi connectivity index (χ2v) is 8.54. The molecule has 0 saturated carbocycles. The third-order valence-corrected chi connectivity index (χ3v) is 6.47. The van der Waals surface area contributed by atoms with Crippen molar-refractivity contribution in [1.29, 1.82) is 0 Å². The number of halogens is 1. The van der Waals surface area contributed by atoms with E-state index in [9.17, 15) is 4.39 Å². The minimum absolute atomic E-state index is 0.303. The van der Waals surface area contributed by atoms with Gasteiger partial charge in [0.25, 0.3) is 0 Å². The lowest BCUT2D eigenvalue weighted by molar-refractivity contribution is 0.217. The Kier molecular flexibility index (Phi) is 4.95. The monoisotopic (exact) mass is 470 g/mol. The number of nitrogens with one attached hydrogen (secondary N) is 1. The van der Waals surface area contributed by atoms with Gasteiger partial charge in [-0.1, -0.05) is 23.8 Å². The van der Waals surface area contributed by atoms with Gasteiger partial charge in [0.15, 0.2) is 6.10 Å². The zero-order valence-electron chi connectivity index (χ0n) is 19.4. The van der Waals surface area contributed by atoms with Crippen LogP contribution < -0.4 is 19.5 Å². The van der Waals surface area contributed by atoms with Crippen LogP contribution in [0.15, 0.2) is 72.6 Å². The van der Waals surface area contributed by atoms with Gasteiger partial charge in [-0.15, -0.1) is 0 Å². The summed E-state index contributed by atoms with van der Waals surface area (Å²) in [7, 11) is 3.26. The van der Waals surface area contributed by atoms with E-state index in [1.807, 2.05) is 37.3 Å². The maximum absolute atomic E-state index is 13.9. The minimum atomic E-state index is -0.537. The van der Waals surface area contributed by atoms with Gasteiger partial charge < -0.3 is 19.5 Å². The van der Waals surface area contributed by atoms with E-state index >= 15 is 0 Å². The molecule has 2 aliphatic heterocycles. The first-order valence-electron chi connectivity index (χ1n) is 11.2.